The number of H-pyrrole nitrogens is 1. The van der Waals surface area contributed by atoms with Gasteiger partial charge in [0.05, 0.1) is 0 Å². The van der Waals surface area contributed by atoms with Crippen LogP contribution in [0.25, 0.3) is 10.9 Å². The predicted molar refractivity (Wildman–Crippen MR) is 88.5 cm³/mol. The molecule has 0 unspecified atom stereocenters. The van der Waals surface area contributed by atoms with Crippen LogP contribution < -0.4 is 5.32 Å². The summed E-state index contributed by atoms with van der Waals surface area (Å²) in [6.07, 6.45) is 2.76. The maximum Gasteiger partial charge on any atom is 0.251 e. The van der Waals surface area contributed by atoms with E-state index in [1.165, 1.54) is 10.9 Å². The summed E-state index contributed by atoms with van der Waals surface area (Å²) in [7, 11) is 0. The SMILES string of the molecule is O=C(NCCc1ccc2[nH]ccc2c1)c1ccc(Br)cc1. The van der Waals surface area contributed by atoms with E-state index in [2.05, 4.69) is 50.5 Å². The number of hydrogen-bond acceptors (Lipinski definition) is 1. The van der Waals surface area contributed by atoms with Gasteiger partial charge in [-0.25, -0.2) is 0 Å². The highest BCUT2D eigenvalue weighted by molar-refractivity contribution is 9.10. The molecule has 0 aliphatic carbocycles. The highest BCUT2D eigenvalue weighted by atomic mass is 79.9. The van der Waals surface area contributed by atoms with Gasteiger partial charge in [0.2, 0.25) is 0 Å². The highest BCUT2D eigenvalue weighted by Gasteiger charge is 2.04. The van der Waals surface area contributed by atoms with E-state index in [0.717, 1.165) is 16.4 Å². The Morgan fingerprint density at radius 1 is 1.10 bits per heavy atom. The summed E-state index contributed by atoms with van der Waals surface area (Å²) < 4.78 is 0.971. The highest BCUT2D eigenvalue weighted by Crippen LogP contribution is 2.14. The average molecular weight is 343 g/mol. The first-order chi connectivity index (χ1) is 10.2. The first-order valence-electron chi connectivity index (χ1n) is 6.82. The molecule has 0 atom stereocenters. The molecular weight excluding hydrogens is 328 g/mol. The van der Waals surface area contributed by atoms with Crippen LogP contribution in [0.4, 0.5) is 0 Å². The molecule has 0 aliphatic rings. The summed E-state index contributed by atoms with van der Waals surface area (Å²) in [6.45, 7) is 0.630. The van der Waals surface area contributed by atoms with Crippen LogP contribution in [-0.2, 0) is 6.42 Å². The molecule has 3 aromatic rings. The van der Waals surface area contributed by atoms with Crippen molar-refractivity contribution in [2.75, 3.05) is 6.54 Å². The number of aromatic nitrogens is 1. The lowest BCUT2D eigenvalue weighted by atomic mass is 10.1. The monoisotopic (exact) mass is 342 g/mol. The van der Waals surface area contributed by atoms with Gasteiger partial charge in [0.25, 0.3) is 5.91 Å². The van der Waals surface area contributed by atoms with E-state index in [9.17, 15) is 4.79 Å². The van der Waals surface area contributed by atoms with Crippen molar-refractivity contribution >= 4 is 32.7 Å². The van der Waals surface area contributed by atoms with Crippen molar-refractivity contribution < 1.29 is 4.79 Å². The Labute approximate surface area is 131 Å². The predicted octanol–water partition coefficient (Wildman–Crippen LogP) is 3.90. The Bertz CT molecular complexity index is 762. The maximum absolute atomic E-state index is 12.0. The molecule has 0 aliphatic heterocycles. The van der Waals surface area contributed by atoms with Crippen molar-refractivity contribution in [2.24, 2.45) is 0 Å². The third-order valence-corrected chi connectivity index (χ3v) is 3.95. The van der Waals surface area contributed by atoms with Gasteiger partial charge in [0.15, 0.2) is 0 Å². The molecule has 1 heterocycles. The van der Waals surface area contributed by atoms with E-state index in [-0.39, 0.29) is 5.91 Å². The number of hydrogen-bond donors (Lipinski definition) is 2. The molecule has 0 fully saturated rings. The van der Waals surface area contributed by atoms with Gasteiger partial charge in [-0.05, 0) is 59.8 Å². The first-order valence-corrected chi connectivity index (χ1v) is 7.61. The normalized spacial score (nSPS) is 10.7. The smallest absolute Gasteiger partial charge is 0.251 e. The van der Waals surface area contributed by atoms with Gasteiger partial charge in [0.1, 0.15) is 0 Å². The molecule has 21 heavy (non-hydrogen) atoms. The Balaban J connectivity index is 1.57. The molecule has 0 saturated carbocycles. The topological polar surface area (TPSA) is 44.9 Å². The third-order valence-electron chi connectivity index (χ3n) is 3.42. The number of rotatable bonds is 4. The summed E-state index contributed by atoms with van der Waals surface area (Å²) in [5, 5.41) is 4.15. The zero-order valence-electron chi connectivity index (χ0n) is 11.4. The molecule has 3 rings (SSSR count). The molecule has 0 radical (unpaired) electrons. The second-order valence-corrected chi connectivity index (χ2v) is 5.83. The van der Waals surface area contributed by atoms with Gasteiger partial charge in [-0.2, -0.15) is 0 Å². The molecule has 4 heteroatoms. The minimum Gasteiger partial charge on any atom is -0.361 e. The number of carbonyl (C=O) groups is 1. The number of aromatic amines is 1. The van der Waals surface area contributed by atoms with Gasteiger partial charge >= 0.3 is 0 Å². The second kappa shape index (κ2) is 6.14. The van der Waals surface area contributed by atoms with Crippen molar-refractivity contribution in [1.82, 2.24) is 10.3 Å². The fourth-order valence-corrected chi connectivity index (χ4v) is 2.55. The fourth-order valence-electron chi connectivity index (χ4n) is 2.28. The molecule has 2 N–H and O–H groups in total. The fraction of sp³-hybridized carbons (Fsp3) is 0.118. The van der Waals surface area contributed by atoms with Gasteiger partial charge in [-0.3, -0.25) is 4.79 Å². The number of fused-ring (bicyclic) bond motifs is 1. The van der Waals surface area contributed by atoms with Gasteiger partial charge in [0, 0.05) is 28.3 Å². The van der Waals surface area contributed by atoms with E-state index in [1.807, 2.05) is 30.5 Å². The van der Waals surface area contributed by atoms with E-state index < -0.39 is 0 Å². The van der Waals surface area contributed by atoms with Crippen molar-refractivity contribution in [3.63, 3.8) is 0 Å². The lowest BCUT2D eigenvalue weighted by molar-refractivity contribution is 0.0954. The minimum absolute atomic E-state index is 0.0368. The van der Waals surface area contributed by atoms with Crippen LogP contribution in [0.2, 0.25) is 0 Å². The Morgan fingerprint density at radius 2 is 1.90 bits per heavy atom. The number of benzene rings is 2. The number of carbonyl (C=O) groups excluding carboxylic acids is 1. The zero-order valence-corrected chi connectivity index (χ0v) is 13.0. The van der Waals surface area contributed by atoms with Gasteiger partial charge in [-0.1, -0.05) is 22.0 Å². The minimum atomic E-state index is -0.0368. The Hall–Kier alpha value is -2.07. The number of halogens is 1. The molecule has 0 saturated heterocycles. The quantitative estimate of drug-likeness (QED) is 0.741. The Kier molecular flexibility index (Phi) is 4.06. The molecule has 106 valence electrons. The summed E-state index contributed by atoms with van der Waals surface area (Å²) in [5.41, 5.74) is 3.04. The summed E-state index contributed by atoms with van der Waals surface area (Å²) in [5.74, 6) is -0.0368. The van der Waals surface area contributed by atoms with Gasteiger partial charge in [-0.15, -0.1) is 0 Å². The molecular formula is C17H15BrN2O. The van der Waals surface area contributed by atoms with Crippen molar-refractivity contribution in [1.29, 1.82) is 0 Å². The second-order valence-electron chi connectivity index (χ2n) is 4.91. The largest absolute Gasteiger partial charge is 0.361 e. The van der Waals surface area contributed by atoms with Crippen LogP contribution in [0.15, 0.2) is 59.2 Å². The third kappa shape index (κ3) is 3.34. The van der Waals surface area contributed by atoms with E-state index in [0.29, 0.717) is 12.1 Å². The van der Waals surface area contributed by atoms with Crippen LogP contribution in [0, 0.1) is 0 Å². The van der Waals surface area contributed by atoms with E-state index >= 15 is 0 Å². The molecule has 1 amide bonds. The summed E-state index contributed by atoms with van der Waals surface area (Å²) >= 11 is 3.36. The standard InChI is InChI=1S/C17H15BrN2O/c18-15-4-2-13(3-5-15)17(21)20-9-7-12-1-6-16-14(11-12)8-10-19-16/h1-6,8,10-11,19H,7,9H2,(H,20,21). The van der Waals surface area contributed by atoms with Crippen LogP contribution >= 0.6 is 15.9 Å². The average Bonchev–Trinajstić information content (AvgIpc) is 2.95. The lowest BCUT2D eigenvalue weighted by Gasteiger charge is -2.06. The molecule has 3 nitrogen and oxygen atoms in total. The summed E-state index contributed by atoms with van der Waals surface area (Å²) in [4.78, 5) is 15.2. The molecule has 0 bridgehead atoms. The van der Waals surface area contributed by atoms with Crippen molar-refractivity contribution in [3.05, 3.63) is 70.3 Å². The van der Waals surface area contributed by atoms with Gasteiger partial charge < -0.3 is 10.3 Å². The zero-order chi connectivity index (χ0) is 14.7. The summed E-state index contributed by atoms with van der Waals surface area (Å²) in [6, 6.07) is 15.7. The van der Waals surface area contributed by atoms with Crippen molar-refractivity contribution in [3.8, 4) is 0 Å². The first kappa shape index (κ1) is 13.9. The number of nitrogens with one attached hydrogen (secondary N) is 2. The van der Waals surface area contributed by atoms with E-state index in [1.54, 1.807) is 0 Å². The van der Waals surface area contributed by atoms with Crippen molar-refractivity contribution in [2.45, 2.75) is 6.42 Å². The lowest BCUT2D eigenvalue weighted by Crippen LogP contribution is -2.25. The Morgan fingerprint density at radius 3 is 2.71 bits per heavy atom. The van der Waals surface area contributed by atoms with Crippen LogP contribution in [0.3, 0.4) is 0 Å². The molecule has 2 aromatic carbocycles. The maximum atomic E-state index is 12.0. The van der Waals surface area contributed by atoms with Crippen LogP contribution in [-0.4, -0.2) is 17.4 Å². The van der Waals surface area contributed by atoms with Crippen LogP contribution in [0.5, 0.6) is 0 Å². The number of amides is 1. The molecule has 0 spiro atoms. The molecule has 1 aromatic heterocycles. The van der Waals surface area contributed by atoms with E-state index in [4.69, 9.17) is 0 Å². The van der Waals surface area contributed by atoms with Crippen LogP contribution in [0.1, 0.15) is 15.9 Å².